The van der Waals surface area contributed by atoms with Gasteiger partial charge in [0.2, 0.25) is 5.91 Å². The number of carbonyl (C=O) groups is 3. The van der Waals surface area contributed by atoms with Crippen molar-refractivity contribution in [3.63, 3.8) is 0 Å². The monoisotopic (exact) mass is 362 g/mol. The highest BCUT2D eigenvalue weighted by Crippen LogP contribution is 2.28. The number of likely N-dealkylation sites (tertiary alicyclic amines) is 1. The Morgan fingerprint density at radius 3 is 2.07 bits per heavy atom. The molecule has 27 heavy (non-hydrogen) atoms. The van der Waals surface area contributed by atoms with E-state index in [1.165, 1.54) is 4.90 Å². The number of fused-ring (bicyclic) bond motifs is 1. The number of piperidine rings is 1. The SMILES string of the molecule is Cc1ccccc1CC(=O)N1CCC(N2C(=O)c3ccccc3C2=O)CC1. The Balaban J connectivity index is 1.40. The van der Waals surface area contributed by atoms with Crippen LogP contribution in [0.4, 0.5) is 0 Å². The second-order valence-electron chi connectivity index (χ2n) is 7.24. The number of aryl methyl sites for hydroxylation is 1. The Bertz CT molecular complexity index is 878. The molecule has 0 unspecified atom stereocenters. The molecule has 3 amide bonds. The van der Waals surface area contributed by atoms with Gasteiger partial charge < -0.3 is 4.90 Å². The molecule has 0 spiro atoms. The van der Waals surface area contributed by atoms with Gasteiger partial charge in [0.1, 0.15) is 0 Å². The van der Waals surface area contributed by atoms with Crippen LogP contribution in [0.5, 0.6) is 0 Å². The number of amides is 3. The van der Waals surface area contributed by atoms with Gasteiger partial charge in [-0.15, -0.1) is 0 Å². The lowest BCUT2D eigenvalue weighted by Crippen LogP contribution is -2.49. The summed E-state index contributed by atoms with van der Waals surface area (Å²) in [6.45, 7) is 3.16. The van der Waals surface area contributed by atoms with Gasteiger partial charge in [0.05, 0.1) is 17.5 Å². The highest BCUT2D eigenvalue weighted by atomic mass is 16.2. The van der Waals surface area contributed by atoms with Crippen LogP contribution in [0.2, 0.25) is 0 Å². The molecule has 0 radical (unpaired) electrons. The lowest BCUT2D eigenvalue weighted by atomic mass is 10.0. The van der Waals surface area contributed by atoms with E-state index < -0.39 is 0 Å². The number of carbonyl (C=O) groups excluding carboxylic acids is 3. The molecular formula is C22H22N2O3. The summed E-state index contributed by atoms with van der Waals surface area (Å²) >= 11 is 0. The zero-order valence-corrected chi connectivity index (χ0v) is 15.4. The summed E-state index contributed by atoms with van der Waals surface area (Å²) in [4.78, 5) is 41.1. The average molecular weight is 362 g/mol. The van der Waals surface area contributed by atoms with Crippen molar-refractivity contribution in [3.8, 4) is 0 Å². The number of imide groups is 1. The quantitative estimate of drug-likeness (QED) is 0.789. The Morgan fingerprint density at radius 2 is 1.48 bits per heavy atom. The van der Waals surface area contributed by atoms with E-state index >= 15 is 0 Å². The van der Waals surface area contributed by atoms with Crippen molar-refractivity contribution in [2.75, 3.05) is 13.1 Å². The van der Waals surface area contributed by atoms with E-state index in [9.17, 15) is 14.4 Å². The Hall–Kier alpha value is -2.95. The summed E-state index contributed by atoms with van der Waals surface area (Å²) in [6, 6.07) is 14.7. The van der Waals surface area contributed by atoms with Crippen molar-refractivity contribution in [3.05, 3.63) is 70.8 Å². The largest absolute Gasteiger partial charge is 0.342 e. The van der Waals surface area contributed by atoms with Crippen molar-refractivity contribution in [1.82, 2.24) is 9.80 Å². The van der Waals surface area contributed by atoms with Crippen LogP contribution in [-0.2, 0) is 11.2 Å². The van der Waals surface area contributed by atoms with Gasteiger partial charge in [-0.2, -0.15) is 0 Å². The predicted octanol–water partition coefficient (Wildman–Crippen LogP) is 2.82. The molecule has 2 aromatic carbocycles. The van der Waals surface area contributed by atoms with Gasteiger partial charge >= 0.3 is 0 Å². The van der Waals surface area contributed by atoms with Gasteiger partial charge in [-0.3, -0.25) is 19.3 Å². The Labute approximate surface area is 158 Å². The molecule has 5 heteroatoms. The molecule has 1 fully saturated rings. The number of rotatable bonds is 3. The second-order valence-corrected chi connectivity index (χ2v) is 7.24. The maximum absolute atomic E-state index is 12.6. The first-order chi connectivity index (χ1) is 13.1. The molecule has 4 rings (SSSR count). The lowest BCUT2D eigenvalue weighted by Gasteiger charge is -2.35. The molecule has 138 valence electrons. The minimum atomic E-state index is -0.208. The fraction of sp³-hybridized carbons (Fsp3) is 0.318. The van der Waals surface area contributed by atoms with Gasteiger partial charge in [0, 0.05) is 19.1 Å². The topological polar surface area (TPSA) is 57.7 Å². The van der Waals surface area contributed by atoms with Crippen LogP contribution in [-0.4, -0.2) is 46.7 Å². The number of benzene rings is 2. The standard InChI is InChI=1S/C22H22N2O3/c1-15-6-2-3-7-16(15)14-20(25)23-12-10-17(11-13-23)24-21(26)18-8-4-5-9-19(18)22(24)27/h2-9,17H,10-14H2,1H3. The van der Waals surface area contributed by atoms with Crippen molar-refractivity contribution in [2.24, 2.45) is 0 Å². The zero-order chi connectivity index (χ0) is 19.0. The minimum absolute atomic E-state index is 0.102. The highest BCUT2D eigenvalue weighted by Gasteiger charge is 2.41. The average Bonchev–Trinajstić information content (AvgIpc) is 2.95. The summed E-state index contributed by atoms with van der Waals surface area (Å²) in [6.07, 6.45) is 1.65. The lowest BCUT2D eigenvalue weighted by molar-refractivity contribution is -0.131. The molecule has 1 saturated heterocycles. The number of hydrogen-bond acceptors (Lipinski definition) is 3. The third-order valence-corrected chi connectivity index (χ3v) is 5.61. The van der Waals surface area contributed by atoms with Gasteiger partial charge in [-0.05, 0) is 43.0 Å². The predicted molar refractivity (Wildman–Crippen MR) is 101 cm³/mol. The summed E-state index contributed by atoms with van der Waals surface area (Å²) in [5, 5.41) is 0. The molecule has 2 aliphatic rings. The van der Waals surface area contributed by atoms with Crippen LogP contribution in [0.25, 0.3) is 0 Å². The Morgan fingerprint density at radius 1 is 0.926 bits per heavy atom. The van der Waals surface area contributed by atoms with Crippen LogP contribution >= 0.6 is 0 Å². The molecule has 5 nitrogen and oxygen atoms in total. The van der Waals surface area contributed by atoms with E-state index in [-0.39, 0.29) is 23.8 Å². The van der Waals surface area contributed by atoms with E-state index in [0.717, 1.165) is 11.1 Å². The third kappa shape index (κ3) is 3.14. The Kier molecular flexibility index (Phi) is 4.52. The third-order valence-electron chi connectivity index (χ3n) is 5.61. The molecule has 2 aliphatic heterocycles. The van der Waals surface area contributed by atoms with Gasteiger partial charge in [0.15, 0.2) is 0 Å². The first-order valence-corrected chi connectivity index (χ1v) is 9.35. The minimum Gasteiger partial charge on any atom is -0.342 e. The molecule has 0 saturated carbocycles. The second kappa shape index (κ2) is 6.99. The first kappa shape index (κ1) is 17.5. The van der Waals surface area contributed by atoms with Crippen LogP contribution < -0.4 is 0 Å². The molecule has 0 aliphatic carbocycles. The molecule has 0 N–H and O–H groups in total. The zero-order valence-electron chi connectivity index (χ0n) is 15.4. The highest BCUT2D eigenvalue weighted by molar-refractivity contribution is 6.21. The first-order valence-electron chi connectivity index (χ1n) is 9.35. The summed E-state index contributed by atoms with van der Waals surface area (Å²) in [5.41, 5.74) is 3.14. The van der Waals surface area contributed by atoms with E-state index in [0.29, 0.717) is 43.5 Å². The van der Waals surface area contributed by atoms with Crippen LogP contribution in [0.1, 0.15) is 44.7 Å². The van der Waals surface area contributed by atoms with Gasteiger partial charge in [-0.25, -0.2) is 0 Å². The van der Waals surface area contributed by atoms with Gasteiger partial charge in [-0.1, -0.05) is 36.4 Å². The fourth-order valence-electron chi connectivity index (χ4n) is 4.00. The smallest absolute Gasteiger partial charge is 0.261 e. The summed E-state index contributed by atoms with van der Waals surface area (Å²) in [5.74, 6) is -0.314. The fourth-order valence-corrected chi connectivity index (χ4v) is 4.00. The van der Waals surface area contributed by atoms with Crippen LogP contribution in [0, 0.1) is 6.92 Å². The molecular weight excluding hydrogens is 340 g/mol. The molecule has 2 aromatic rings. The van der Waals surface area contributed by atoms with E-state index in [1.54, 1.807) is 24.3 Å². The van der Waals surface area contributed by atoms with E-state index in [4.69, 9.17) is 0 Å². The molecule has 0 bridgehead atoms. The van der Waals surface area contributed by atoms with Crippen molar-refractivity contribution in [1.29, 1.82) is 0 Å². The van der Waals surface area contributed by atoms with Crippen LogP contribution in [0.15, 0.2) is 48.5 Å². The summed E-state index contributed by atoms with van der Waals surface area (Å²) in [7, 11) is 0. The van der Waals surface area contributed by atoms with E-state index in [2.05, 4.69) is 0 Å². The van der Waals surface area contributed by atoms with Crippen molar-refractivity contribution >= 4 is 17.7 Å². The number of hydrogen-bond donors (Lipinski definition) is 0. The van der Waals surface area contributed by atoms with Crippen molar-refractivity contribution in [2.45, 2.75) is 32.2 Å². The van der Waals surface area contributed by atoms with E-state index in [1.807, 2.05) is 36.1 Å². The summed E-state index contributed by atoms with van der Waals surface area (Å²) < 4.78 is 0. The van der Waals surface area contributed by atoms with Gasteiger partial charge in [0.25, 0.3) is 11.8 Å². The molecule has 0 atom stereocenters. The molecule has 2 heterocycles. The number of nitrogens with zero attached hydrogens (tertiary/aromatic N) is 2. The maximum Gasteiger partial charge on any atom is 0.261 e. The normalized spacial score (nSPS) is 17.4. The molecule has 0 aromatic heterocycles. The van der Waals surface area contributed by atoms with Crippen molar-refractivity contribution < 1.29 is 14.4 Å². The van der Waals surface area contributed by atoms with Crippen LogP contribution in [0.3, 0.4) is 0 Å². The maximum atomic E-state index is 12.6.